The number of rotatable bonds is 2. The predicted molar refractivity (Wildman–Crippen MR) is 50.2 cm³/mol. The number of aliphatic hydroxyl groups is 1. The van der Waals surface area contributed by atoms with Crippen molar-refractivity contribution < 1.29 is 5.11 Å². The lowest BCUT2D eigenvalue weighted by Crippen LogP contribution is -2.57. The molecule has 1 saturated heterocycles. The van der Waals surface area contributed by atoms with Gasteiger partial charge < -0.3 is 10.4 Å². The van der Waals surface area contributed by atoms with Gasteiger partial charge in [-0.25, -0.2) is 0 Å². The van der Waals surface area contributed by atoms with Gasteiger partial charge in [0.2, 0.25) is 0 Å². The molecule has 0 radical (unpaired) electrons. The van der Waals surface area contributed by atoms with Gasteiger partial charge in [0, 0.05) is 31.2 Å². The molecule has 0 aliphatic carbocycles. The Bertz CT molecular complexity index is 136. The van der Waals surface area contributed by atoms with Crippen molar-refractivity contribution in [3.8, 4) is 0 Å². The van der Waals surface area contributed by atoms with E-state index in [-0.39, 0.29) is 6.61 Å². The quantitative estimate of drug-likeness (QED) is 0.618. The van der Waals surface area contributed by atoms with Crippen LogP contribution in [0.5, 0.6) is 0 Å². The highest BCUT2D eigenvalue weighted by Crippen LogP contribution is 2.10. The molecular weight excluding hydrogens is 152 g/mol. The molecule has 72 valence electrons. The molecule has 1 rings (SSSR count). The standard InChI is InChI=1S/C9H20N2O/c1-7-5-11(9(3)6-12)8(2)4-10-7/h7-10,12H,4-6H2,1-3H3. The fourth-order valence-electron chi connectivity index (χ4n) is 1.77. The van der Waals surface area contributed by atoms with Crippen molar-refractivity contribution in [2.75, 3.05) is 19.7 Å². The average Bonchev–Trinajstić information content (AvgIpc) is 2.08. The van der Waals surface area contributed by atoms with Crippen molar-refractivity contribution in [2.45, 2.75) is 38.9 Å². The zero-order valence-corrected chi connectivity index (χ0v) is 8.25. The summed E-state index contributed by atoms with van der Waals surface area (Å²) in [5.41, 5.74) is 0. The van der Waals surface area contributed by atoms with Gasteiger partial charge >= 0.3 is 0 Å². The van der Waals surface area contributed by atoms with Crippen LogP contribution in [0.25, 0.3) is 0 Å². The Kier molecular flexibility index (Phi) is 3.50. The molecule has 0 aromatic heterocycles. The third kappa shape index (κ3) is 2.19. The maximum absolute atomic E-state index is 9.03. The lowest BCUT2D eigenvalue weighted by molar-refractivity contribution is 0.0675. The number of nitrogens with one attached hydrogen (secondary N) is 1. The first-order valence-corrected chi connectivity index (χ1v) is 4.75. The summed E-state index contributed by atoms with van der Waals surface area (Å²) in [6.07, 6.45) is 0. The van der Waals surface area contributed by atoms with Crippen LogP contribution in [0.4, 0.5) is 0 Å². The maximum Gasteiger partial charge on any atom is 0.0584 e. The van der Waals surface area contributed by atoms with E-state index in [2.05, 4.69) is 31.0 Å². The van der Waals surface area contributed by atoms with Gasteiger partial charge in [-0.05, 0) is 20.8 Å². The molecule has 0 aromatic carbocycles. The van der Waals surface area contributed by atoms with E-state index in [0.717, 1.165) is 13.1 Å². The van der Waals surface area contributed by atoms with Crippen molar-refractivity contribution in [1.82, 2.24) is 10.2 Å². The molecular formula is C9H20N2O. The fraction of sp³-hybridized carbons (Fsp3) is 1.00. The average molecular weight is 172 g/mol. The molecule has 0 amide bonds. The van der Waals surface area contributed by atoms with E-state index >= 15 is 0 Å². The minimum Gasteiger partial charge on any atom is -0.395 e. The Labute approximate surface area is 74.8 Å². The second kappa shape index (κ2) is 4.21. The number of hydrogen-bond acceptors (Lipinski definition) is 3. The van der Waals surface area contributed by atoms with Crippen LogP contribution in [0.15, 0.2) is 0 Å². The monoisotopic (exact) mass is 172 g/mol. The topological polar surface area (TPSA) is 35.5 Å². The largest absolute Gasteiger partial charge is 0.395 e. The van der Waals surface area contributed by atoms with Crippen LogP contribution in [0.3, 0.4) is 0 Å². The molecule has 0 bridgehead atoms. The number of piperazine rings is 1. The minimum absolute atomic E-state index is 0.261. The minimum atomic E-state index is 0.261. The summed E-state index contributed by atoms with van der Waals surface area (Å²) in [4.78, 5) is 2.36. The highest BCUT2D eigenvalue weighted by atomic mass is 16.3. The van der Waals surface area contributed by atoms with Gasteiger partial charge in [-0.1, -0.05) is 0 Å². The Balaban J connectivity index is 2.48. The Morgan fingerprint density at radius 2 is 2.25 bits per heavy atom. The van der Waals surface area contributed by atoms with E-state index in [9.17, 15) is 0 Å². The van der Waals surface area contributed by atoms with Crippen LogP contribution >= 0.6 is 0 Å². The first-order chi connectivity index (χ1) is 5.65. The van der Waals surface area contributed by atoms with E-state index in [0.29, 0.717) is 18.1 Å². The van der Waals surface area contributed by atoms with E-state index in [1.165, 1.54) is 0 Å². The van der Waals surface area contributed by atoms with Gasteiger partial charge in [0.25, 0.3) is 0 Å². The molecule has 1 aliphatic heterocycles. The molecule has 0 aromatic rings. The van der Waals surface area contributed by atoms with Crippen LogP contribution in [0, 0.1) is 0 Å². The van der Waals surface area contributed by atoms with Crippen LogP contribution in [0.1, 0.15) is 20.8 Å². The number of aliphatic hydroxyl groups excluding tert-OH is 1. The van der Waals surface area contributed by atoms with E-state index in [1.807, 2.05) is 0 Å². The fourth-order valence-corrected chi connectivity index (χ4v) is 1.77. The van der Waals surface area contributed by atoms with Crippen molar-refractivity contribution in [3.63, 3.8) is 0 Å². The Morgan fingerprint density at radius 3 is 2.83 bits per heavy atom. The van der Waals surface area contributed by atoms with E-state index in [4.69, 9.17) is 5.11 Å². The molecule has 0 saturated carbocycles. The number of nitrogens with zero attached hydrogens (tertiary/aromatic N) is 1. The van der Waals surface area contributed by atoms with Gasteiger partial charge in [0.15, 0.2) is 0 Å². The molecule has 1 heterocycles. The van der Waals surface area contributed by atoms with Crippen LogP contribution < -0.4 is 5.32 Å². The zero-order chi connectivity index (χ0) is 9.14. The van der Waals surface area contributed by atoms with Crippen molar-refractivity contribution in [1.29, 1.82) is 0 Å². The smallest absolute Gasteiger partial charge is 0.0584 e. The van der Waals surface area contributed by atoms with Gasteiger partial charge in [0.1, 0.15) is 0 Å². The second-order valence-electron chi connectivity index (χ2n) is 3.89. The summed E-state index contributed by atoms with van der Waals surface area (Å²) in [7, 11) is 0. The van der Waals surface area contributed by atoms with Gasteiger partial charge in [-0.2, -0.15) is 0 Å². The molecule has 3 nitrogen and oxygen atoms in total. The molecule has 3 atom stereocenters. The molecule has 1 fully saturated rings. The molecule has 0 spiro atoms. The van der Waals surface area contributed by atoms with E-state index in [1.54, 1.807) is 0 Å². The second-order valence-corrected chi connectivity index (χ2v) is 3.89. The van der Waals surface area contributed by atoms with Crippen molar-refractivity contribution in [2.24, 2.45) is 0 Å². The normalized spacial score (nSPS) is 35.0. The summed E-state index contributed by atoms with van der Waals surface area (Å²) in [5.74, 6) is 0. The molecule has 3 unspecified atom stereocenters. The van der Waals surface area contributed by atoms with Crippen LogP contribution in [-0.4, -0.2) is 47.8 Å². The highest BCUT2D eigenvalue weighted by molar-refractivity contribution is 4.84. The summed E-state index contributed by atoms with van der Waals surface area (Å²) >= 11 is 0. The zero-order valence-electron chi connectivity index (χ0n) is 8.25. The molecule has 12 heavy (non-hydrogen) atoms. The highest BCUT2D eigenvalue weighted by Gasteiger charge is 2.25. The molecule has 3 heteroatoms. The first-order valence-electron chi connectivity index (χ1n) is 4.75. The lowest BCUT2D eigenvalue weighted by Gasteiger charge is -2.40. The summed E-state index contributed by atoms with van der Waals surface area (Å²) in [6.45, 7) is 8.80. The van der Waals surface area contributed by atoms with Gasteiger partial charge in [0.05, 0.1) is 6.61 Å². The Morgan fingerprint density at radius 1 is 1.58 bits per heavy atom. The van der Waals surface area contributed by atoms with Crippen molar-refractivity contribution >= 4 is 0 Å². The molecule has 2 N–H and O–H groups in total. The van der Waals surface area contributed by atoms with E-state index < -0.39 is 0 Å². The molecule has 1 aliphatic rings. The third-order valence-electron chi connectivity index (χ3n) is 2.64. The lowest BCUT2D eigenvalue weighted by atomic mass is 10.1. The Hall–Kier alpha value is -0.120. The summed E-state index contributed by atoms with van der Waals surface area (Å²) in [6, 6.07) is 1.39. The van der Waals surface area contributed by atoms with Gasteiger partial charge in [-0.15, -0.1) is 0 Å². The van der Waals surface area contributed by atoms with Gasteiger partial charge in [-0.3, -0.25) is 4.90 Å². The third-order valence-corrected chi connectivity index (χ3v) is 2.64. The maximum atomic E-state index is 9.03. The van der Waals surface area contributed by atoms with Crippen LogP contribution in [-0.2, 0) is 0 Å². The summed E-state index contributed by atoms with van der Waals surface area (Å²) in [5, 5.41) is 12.4. The first kappa shape index (κ1) is 9.96. The van der Waals surface area contributed by atoms with Crippen LogP contribution in [0.2, 0.25) is 0 Å². The SMILES string of the molecule is CC1CN(C(C)CO)C(C)CN1. The van der Waals surface area contributed by atoms with Crippen molar-refractivity contribution in [3.05, 3.63) is 0 Å². The predicted octanol–water partition coefficient (Wildman–Crippen LogP) is 0.0494. The number of hydrogen-bond donors (Lipinski definition) is 2. The summed E-state index contributed by atoms with van der Waals surface area (Å²) < 4.78 is 0.